The monoisotopic (exact) mass is 345 g/mol. The van der Waals surface area contributed by atoms with Crippen LogP contribution in [0, 0.1) is 5.92 Å². The quantitative estimate of drug-likeness (QED) is 0.909. The number of rotatable bonds is 4. The van der Waals surface area contributed by atoms with E-state index in [0.29, 0.717) is 17.4 Å². The molecule has 0 bridgehead atoms. The molecule has 0 aromatic heterocycles. The van der Waals surface area contributed by atoms with Gasteiger partial charge >= 0.3 is 0 Å². The van der Waals surface area contributed by atoms with E-state index in [1.807, 2.05) is 6.07 Å². The third kappa shape index (κ3) is 4.61. The predicted octanol–water partition coefficient (Wildman–Crippen LogP) is 2.35. The minimum absolute atomic E-state index is 0.157. The highest BCUT2D eigenvalue weighted by Gasteiger charge is 2.25. The maximum Gasteiger partial charge on any atom is 0.224 e. The van der Waals surface area contributed by atoms with E-state index in [-0.39, 0.29) is 17.7 Å². The van der Waals surface area contributed by atoms with Crippen LogP contribution in [0.4, 0.5) is 0 Å². The smallest absolute Gasteiger partial charge is 0.224 e. The maximum atomic E-state index is 12.2. The largest absolute Gasteiger partial charge is 0.493 e. The first-order valence-corrected chi connectivity index (χ1v) is 9.60. The van der Waals surface area contributed by atoms with E-state index in [4.69, 9.17) is 16.3 Å². The van der Waals surface area contributed by atoms with E-state index < -0.39 is 15.8 Å². The van der Waals surface area contributed by atoms with Gasteiger partial charge in [0.05, 0.1) is 18.4 Å². The molecule has 22 heavy (non-hydrogen) atoms. The Morgan fingerprint density at radius 3 is 2.91 bits per heavy atom. The molecule has 0 saturated carbocycles. The van der Waals surface area contributed by atoms with Gasteiger partial charge in [-0.25, -0.2) is 8.42 Å². The van der Waals surface area contributed by atoms with Crippen LogP contribution in [-0.4, -0.2) is 32.9 Å². The van der Waals surface area contributed by atoms with Gasteiger partial charge < -0.3 is 10.1 Å². The average Bonchev–Trinajstić information content (AvgIpc) is 2.59. The van der Waals surface area contributed by atoms with Crippen molar-refractivity contribution in [1.82, 2.24) is 5.32 Å². The molecule has 1 aromatic rings. The van der Waals surface area contributed by atoms with Crippen LogP contribution in [0.2, 0.25) is 5.02 Å². The zero-order valence-electron chi connectivity index (χ0n) is 12.6. The van der Waals surface area contributed by atoms with Crippen molar-refractivity contribution in [2.24, 2.45) is 5.92 Å². The second-order valence-electron chi connectivity index (χ2n) is 5.73. The molecule has 122 valence electrons. The third-order valence-electron chi connectivity index (χ3n) is 3.56. The second kappa shape index (κ2) is 6.87. The van der Waals surface area contributed by atoms with E-state index >= 15 is 0 Å². The number of sulfone groups is 1. The minimum atomic E-state index is -3.19. The summed E-state index contributed by atoms with van der Waals surface area (Å²) in [7, 11) is -3.19. The molecule has 1 aliphatic heterocycles. The molecular formula is C15H20ClNO4S. The van der Waals surface area contributed by atoms with E-state index in [0.717, 1.165) is 24.7 Å². The molecule has 0 unspecified atom stereocenters. The fourth-order valence-electron chi connectivity index (χ4n) is 2.54. The van der Waals surface area contributed by atoms with E-state index in [2.05, 4.69) is 5.32 Å². The highest BCUT2D eigenvalue weighted by atomic mass is 35.5. The van der Waals surface area contributed by atoms with E-state index in [9.17, 15) is 13.2 Å². The van der Waals surface area contributed by atoms with Crippen molar-refractivity contribution in [3.8, 4) is 5.75 Å². The SMILES string of the molecule is C[C@H](CS(C)(=O)=O)C(=O)N[C@@H]1CCCOc2cc(Cl)ccc21. The van der Waals surface area contributed by atoms with Gasteiger partial charge in [0.2, 0.25) is 5.91 Å². The van der Waals surface area contributed by atoms with E-state index in [1.54, 1.807) is 19.1 Å². The summed E-state index contributed by atoms with van der Waals surface area (Å²) in [5.74, 6) is -0.338. The van der Waals surface area contributed by atoms with Crippen molar-refractivity contribution in [1.29, 1.82) is 0 Å². The lowest BCUT2D eigenvalue weighted by atomic mass is 10.0. The third-order valence-corrected chi connectivity index (χ3v) is 4.90. The molecule has 0 spiro atoms. The summed E-state index contributed by atoms with van der Waals surface area (Å²) in [4.78, 5) is 12.2. The lowest BCUT2D eigenvalue weighted by Gasteiger charge is -2.20. The first-order chi connectivity index (χ1) is 10.3. The van der Waals surface area contributed by atoms with Crippen LogP contribution in [0.5, 0.6) is 5.75 Å². The minimum Gasteiger partial charge on any atom is -0.493 e. The van der Waals surface area contributed by atoms with Crippen LogP contribution in [-0.2, 0) is 14.6 Å². The standard InChI is InChI=1S/C15H20ClNO4S/c1-10(9-22(2,19)20)15(18)17-13-4-3-7-21-14-8-11(16)5-6-12(13)14/h5-6,8,10,13H,3-4,7,9H2,1-2H3,(H,17,18)/t10-,13-/m1/s1. The summed E-state index contributed by atoms with van der Waals surface area (Å²) in [5, 5.41) is 3.51. The number of hydrogen-bond acceptors (Lipinski definition) is 4. The molecule has 2 atom stereocenters. The molecule has 7 heteroatoms. The molecule has 2 rings (SSSR count). The topological polar surface area (TPSA) is 72.5 Å². The van der Waals surface area contributed by atoms with Crippen LogP contribution < -0.4 is 10.1 Å². The summed E-state index contributed by atoms with van der Waals surface area (Å²) in [6.45, 7) is 2.19. The van der Waals surface area contributed by atoms with Gasteiger partial charge in [0, 0.05) is 22.8 Å². The molecule has 0 radical (unpaired) electrons. The summed E-state index contributed by atoms with van der Waals surface area (Å²) in [6.07, 6.45) is 2.68. The van der Waals surface area contributed by atoms with Gasteiger partial charge in [0.25, 0.3) is 0 Å². The van der Waals surface area contributed by atoms with Crippen LogP contribution in [0.15, 0.2) is 18.2 Å². The highest BCUT2D eigenvalue weighted by Crippen LogP contribution is 2.33. The number of ether oxygens (including phenoxy) is 1. The Bertz CT molecular complexity index is 660. The number of amides is 1. The number of hydrogen-bond donors (Lipinski definition) is 1. The van der Waals surface area contributed by atoms with Gasteiger partial charge in [-0.1, -0.05) is 24.6 Å². The summed E-state index contributed by atoms with van der Waals surface area (Å²) >= 11 is 5.97. The van der Waals surface area contributed by atoms with Gasteiger partial charge in [0.15, 0.2) is 0 Å². The Labute approximate surface area is 135 Å². The molecule has 0 fully saturated rings. The fraction of sp³-hybridized carbons (Fsp3) is 0.533. The van der Waals surface area contributed by atoms with Gasteiger partial charge in [-0.05, 0) is 25.0 Å². The summed E-state index contributed by atoms with van der Waals surface area (Å²) in [5.41, 5.74) is 0.877. The molecule has 5 nitrogen and oxygen atoms in total. The number of benzene rings is 1. The van der Waals surface area contributed by atoms with Crippen molar-refractivity contribution in [3.63, 3.8) is 0 Å². The Kier molecular flexibility index (Phi) is 5.34. The maximum absolute atomic E-state index is 12.2. The molecule has 0 saturated heterocycles. The lowest BCUT2D eigenvalue weighted by Crippen LogP contribution is -2.35. The summed E-state index contributed by atoms with van der Waals surface area (Å²) in [6, 6.07) is 5.15. The molecular weight excluding hydrogens is 326 g/mol. The van der Waals surface area contributed by atoms with Crippen LogP contribution >= 0.6 is 11.6 Å². The van der Waals surface area contributed by atoms with Crippen molar-refractivity contribution in [2.45, 2.75) is 25.8 Å². The van der Waals surface area contributed by atoms with Crippen LogP contribution in [0.25, 0.3) is 0 Å². The predicted molar refractivity (Wildman–Crippen MR) is 85.9 cm³/mol. The fourth-order valence-corrected chi connectivity index (χ4v) is 3.76. The number of carbonyl (C=O) groups is 1. The van der Waals surface area contributed by atoms with Gasteiger partial charge in [-0.15, -0.1) is 0 Å². The highest BCUT2D eigenvalue weighted by molar-refractivity contribution is 7.90. The van der Waals surface area contributed by atoms with Gasteiger partial charge in [-0.3, -0.25) is 4.79 Å². The molecule has 0 aliphatic carbocycles. The number of carbonyl (C=O) groups excluding carboxylic acids is 1. The zero-order valence-corrected chi connectivity index (χ0v) is 14.2. The Balaban J connectivity index is 2.14. The van der Waals surface area contributed by atoms with Crippen molar-refractivity contribution < 1.29 is 17.9 Å². The van der Waals surface area contributed by atoms with Crippen molar-refractivity contribution in [2.75, 3.05) is 18.6 Å². The molecule has 1 amide bonds. The van der Waals surface area contributed by atoms with E-state index in [1.165, 1.54) is 0 Å². The summed E-state index contributed by atoms with van der Waals surface area (Å²) < 4.78 is 28.3. The number of fused-ring (bicyclic) bond motifs is 1. The molecule has 1 heterocycles. The normalized spacial score (nSPS) is 19.5. The van der Waals surface area contributed by atoms with Crippen molar-refractivity contribution >= 4 is 27.3 Å². The zero-order chi connectivity index (χ0) is 16.3. The average molecular weight is 346 g/mol. The Hall–Kier alpha value is -1.27. The Morgan fingerprint density at radius 2 is 2.23 bits per heavy atom. The van der Waals surface area contributed by atoms with Crippen molar-refractivity contribution in [3.05, 3.63) is 28.8 Å². The van der Waals surface area contributed by atoms with Gasteiger partial charge in [0.1, 0.15) is 15.6 Å². The molecule has 1 aliphatic rings. The molecule has 1 aromatic carbocycles. The first kappa shape index (κ1) is 17.1. The lowest BCUT2D eigenvalue weighted by molar-refractivity contribution is -0.124. The van der Waals surface area contributed by atoms with Crippen LogP contribution in [0.1, 0.15) is 31.4 Å². The number of halogens is 1. The van der Waals surface area contributed by atoms with Crippen LogP contribution in [0.3, 0.4) is 0 Å². The number of nitrogens with one attached hydrogen (secondary N) is 1. The van der Waals surface area contributed by atoms with Gasteiger partial charge in [-0.2, -0.15) is 0 Å². The Morgan fingerprint density at radius 1 is 1.50 bits per heavy atom. The first-order valence-electron chi connectivity index (χ1n) is 7.16. The second-order valence-corrected chi connectivity index (χ2v) is 8.35. The molecule has 1 N–H and O–H groups in total.